The number of ketones is 1. The summed E-state index contributed by atoms with van der Waals surface area (Å²) in [6.45, 7) is 16.5. The predicted octanol–water partition coefficient (Wildman–Crippen LogP) is 6.62. The Bertz CT molecular complexity index is 1220. The topological polar surface area (TPSA) is 96.0 Å². The molecule has 4 fully saturated rings. The molecular weight excluding hydrogens is 532 g/mol. The van der Waals surface area contributed by atoms with Crippen LogP contribution in [0.5, 0.6) is 0 Å². The molecule has 0 N–H and O–H groups in total. The van der Waals surface area contributed by atoms with Gasteiger partial charge in [0.25, 0.3) is 0 Å². The summed E-state index contributed by atoms with van der Waals surface area (Å²) >= 11 is 0. The SMILES string of the molecule is COC(=O)C1(C)CCC2(C)CCC3(C)C(=CC(=O)C4C5(C)CCC(OC(C)=O)C(C)(COC(C)=O)C5CCC43C)C2C1. The molecule has 0 spiro atoms. The third-order valence-electron chi connectivity index (χ3n) is 13.9. The Morgan fingerprint density at radius 3 is 2.17 bits per heavy atom. The van der Waals surface area contributed by atoms with Crippen LogP contribution in [0, 0.1) is 50.2 Å². The van der Waals surface area contributed by atoms with Gasteiger partial charge in [0.1, 0.15) is 12.7 Å². The van der Waals surface area contributed by atoms with Gasteiger partial charge in [-0.1, -0.05) is 40.2 Å². The Morgan fingerprint density at radius 1 is 0.881 bits per heavy atom. The molecule has 234 valence electrons. The van der Waals surface area contributed by atoms with Crippen LogP contribution in [0.4, 0.5) is 0 Å². The lowest BCUT2D eigenvalue weighted by Crippen LogP contribution is -2.67. The number of allylic oxidation sites excluding steroid dienone is 2. The van der Waals surface area contributed by atoms with Gasteiger partial charge in [0.2, 0.25) is 0 Å². The third kappa shape index (κ3) is 4.25. The van der Waals surface area contributed by atoms with Gasteiger partial charge in [0.15, 0.2) is 5.78 Å². The molecule has 0 bridgehead atoms. The summed E-state index contributed by atoms with van der Waals surface area (Å²) in [6, 6.07) is 0. The third-order valence-corrected chi connectivity index (χ3v) is 13.9. The fourth-order valence-electron chi connectivity index (χ4n) is 11.3. The average molecular weight is 585 g/mol. The van der Waals surface area contributed by atoms with Crippen molar-refractivity contribution in [2.45, 2.75) is 119 Å². The van der Waals surface area contributed by atoms with Gasteiger partial charge in [-0.3, -0.25) is 19.2 Å². The molecular formula is C35H52O7. The van der Waals surface area contributed by atoms with Crippen LogP contribution in [0.15, 0.2) is 11.6 Å². The average Bonchev–Trinajstić information content (AvgIpc) is 2.90. The van der Waals surface area contributed by atoms with E-state index in [0.29, 0.717) is 6.42 Å². The highest BCUT2D eigenvalue weighted by Crippen LogP contribution is 2.75. The van der Waals surface area contributed by atoms with Crippen LogP contribution in [-0.4, -0.2) is 43.5 Å². The van der Waals surface area contributed by atoms with E-state index in [1.807, 2.05) is 13.0 Å². The van der Waals surface area contributed by atoms with E-state index in [1.54, 1.807) is 0 Å². The summed E-state index contributed by atoms with van der Waals surface area (Å²) in [6.07, 6.45) is 9.39. The van der Waals surface area contributed by atoms with Crippen molar-refractivity contribution in [2.24, 2.45) is 50.2 Å². The molecule has 10 atom stereocenters. The highest BCUT2D eigenvalue weighted by atomic mass is 16.6. The maximum atomic E-state index is 14.6. The highest BCUT2D eigenvalue weighted by Gasteiger charge is 2.71. The Kier molecular flexibility index (Phi) is 7.38. The normalized spacial score (nSPS) is 47.9. The number of fused-ring (bicyclic) bond motifs is 7. The minimum absolute atomic E-state index is 0.0502. The molecule has 4 saturated carbocycles. The lowest BCUT2D eigenvalue weighted by molar-refractivity contribution is -0.223. The van der Waals surface area contributed by atoms with Crippen molar-refractivity contribution in [2.75, 3.05) is 13.7 Å². The van der Waals surface area contributed by atoms with E-state index in [9.17, 15) is 19.2 Å². The largest absolute Gasteiger partial charge is 0.469 e. The monoisotopic (exact) mass is 584 g/mol. The minimum atomic E-state index is -0.590. The predicted molar refractivity (Wildman–Crippen MR) is 158 cm³/mol. The van der Waals surface area contributed by atoms with Gasteiger partial charge in [-0.2, -0.15) is 0 Å². The van der Waals surface area contributed by atoms with E-state index in [2.05, 4.69) is 34.6 Å². The van der Waals surface area contributed by atoms with Gasteiger partial charge in [0, 0.05) is 25.2 Å². The van der Waals surface area contributed by atoms with Gasteiger partial charge in [0.05, 0.1) is 12.5 Å². The number of hydrogen-bond acceptors (Lipinski definition) is 7. The quantitative estimate of drug-likeness (QED) is 0.271. The standard InChI is InChI=1S/C35H52O7/c1-21(36)41-20-33(6)26-10-13-35(8)28(32(26,5)12-11-27(33)42-22(2)37)25(38)18-23-24-19-31(4,29(39)40-9)15-14-30(24,3)16-17-34(23,35)7/h18,24,26-28H,10-17,19-20H2,1-9H3. The lowest BCUT2D eigenvalue weighted by atomic mass is 9.33. The first-order valence-corrected chi connectivity index (χ1v) is 16.1. The highest BCUT2D eigenvalue weighted by molar-refractivity contribution is 5.95. The summed E-state index contributed by atoms with van der Waals surface area (Å²) < 4.78 is 16.8. The summed E-state index contributed by atoms with van der Waals surface area (Å²) in [5.74, 6) is -0.599. The molecule has 0 saturated heterocycles. The van der Waals surface area contributed by atoms with Crippen molar-refractivity contribution in [1.29, 1.82) is 0 Å². The number of carbonyl (C=O) groups excluding carboxylic acids is 4. The summed E-state index contributed by atoms with van der Waals surface area (Å²) in [7, 11) is 1.48. The molecule has 7 nitrogen and oxygen atoms in total. The molecule has 0 aliphatic heterocycles. The van der Waals surface area contributed by atoms with Crippen molar-refractivity contribution in [3.8, 4) is 0 Å². The fraction of sp³-hybridized carbons (Fsp3) is 0.829. The maximum absolute atomic E-state index is 14.6. The zero-order valence-electron chi connectivity index (χ0n) is 27.3. The van der Waals surface area contributed by atoms with Crippen LogP contribution in [0.3, 0.4) is 0 Å². The first-order valence-electron chi connectivity index (χ1n) is 16.1. The molecule has 0 amide bonds. The van der Waals surface area contributed by atoms with Crippen LogP contribution < -0.4 is 0 Å². The van der Waals surface area contributed by atoms with Crippen molar-refractivity contribution in [3.05, 3.63) is 11.6 Å². The summed E-state index contributed by atoms with van der Waals surface area (Å²) in [5, 5.41) is 0. The van der Waals surface area contributed by atoms with Crippen molar-refractivity contribution < 1.29 is 33.4 Å². The molecule has 5 aliphatic rings. The molecule has 42 heavy (non-hydrogen) atoms. The van der Waals surface area contributed by atoms with Crippen LogP contribution >= 0.6 is 0 Å². The number of carbonyl (C=O) groups is 4. The first-order chi connectivity index (χ1) is 19.4. The van der Waals surface area contributed by atoms with Crippen molar-refractivity contribution in [3.63, 3.8) is 0 Å². The van der Waals surface area contributed by atoms with E-state index >= 15 is 0 Å². The maximum Gasteiger partial charge on any atom is 0.311 e. The lowest BCUT2D eigenvalue weighted by Gasteiger charge is -2.70. The number of methoxy groups -OCH3 is 1. The number of ether oxygens (including phenoxy) is 3. The summed E-state index contributed by atoms with van der Waals surface area (Å²) in [5.41, 5.74) is -0.576. The Morgan fingerprint density at radius 2 is 1.55 bits per heavy atom. The smallest absolute Gasteiger partial charge is 0.311 e. The van der Waals surface area contributed by atoms with E-state index in [4.69, 9.17) is 14.2 Å². The molecule has 0 aromatic rings. The molecule has 0 aromatic carbocycles. The molecule has 7 heteroatoms. The van der Waals surface area contributed by atoms with Crippen LogP contribution in [-0.2, 0) is 33.4 Å². The zero-order chi connectivity index (χ0) is 31.1. The zero-order valence-corrected chi connectivity index (χ0v) is 27.3. The molecule has 5 aliphatic carbocycles. The van der Waals surface area contributed by atoms with Crippen molar-refractivity contribution in [1.82, 2.24) is 0 Å². The van der Waals surface area contributed by atoms with E-state index in [1.165, 1.54) is 26.5 Å². The minimum Gasteiger partial charge on any atom is -0.469 e. The number of rotatable bonds is 4. The van der Waals surface area contributed by atoms with Crippen LogP contribution in [0.2, 0.25) is 0 Å². The van der Waals surface area contributed by atoms with Gasteiger partial charge in [-0.15, -0.1) is 0 Å². The molecule has 0 aromatic heterocycles. The van der Waals surface area contributed by atoms with Crippen molar-refractivity contribution >= 4 is 23.7 Å². The number of esters is 3. The van der Waals surface area contributed by atoms with E-state index < -0.39 is 10.8 Å². The number of hydrogen-bond donors (Lipinski definition) is 0. The van der Waals surface area contributed by atoms with Gasteiger partial charge in [-0.05, 0) is 104 Å². The molecule has 5 rings (SSSR count). The Balaban J connectivity index is 1.58. The fourth-order valence-corrected chi connectivity index (χ4v) is 11.3. The second-order valence-corrected chi connectivity index (χ2v) is 16.2. The summed E-state index contributed by atoms with van der Waals surface area (Å²) in [4.78, 5) is 51.7. The van der Waals surface area contributed by atoms with Crippen LogP contribution in [0.1, 0.15) is 113 Å². The van der Waals surface area contributed by atoms with Gasteiger partial charge in [-0.25, -0.2) is 0 Å². The molecule has 10 unspecified atom stereocenters. The Hall–Kier alpha value is -2.18. The van der Waals surface area contributed by atoms with Crippen LogP contribution in [0.25, 0.3) is 0 Å². The Labute approximate surface area is 251 Å². The molecule has 0 radical (unpaired) electrons. The first kappa shape index (κ1) is 31.3. The second-order valence-electron chi connectivity index (χ2n) is 16.2. The van der Waals surface area contributed by atoms with E-state index in [-0.39, 0.29) is 75.8 Å². The second kappa shape index (κ2) is 9.92. The van der Waals surface area contributed by atoms with Gasteiger partial charge >= 0.3 is 17.9 Å². The molecule has 0 heterocycles. The van der Waals surface area contributed by atoms with Gasteiger partial charge < -0.3 is 14.2 Å². The van der Waals surface area contributed by atoms with E-state index in [0.717, 1.165) is 51.4 Å².